The fourth-order valence-electron chi connectivity index (χ4n) is 6.00. The molecule has 0 spiro atoms. The molecule has 10 aromatic rings. The van der Waals surface area contributed by atoms with Crippen LogP contribution in [0.25, 0.3) is 66.9 Å². The molecule has 0 amide bonds. The van der Waals surface area contributed by atoms with Crippen molar-refractivity contribution in [2.45, 2.75) is 13.1 Å². The summed E-state index contributed by atoms with van der Waals surface area (Å²) in [4.78, 5) is 47.4. The smallest absolute Gasteiger partial charge is 0.186 e. The molecule has 0 aliphatic rings. The van der Waals surface area contributed by atoms with Crippen molar-refractivity contribution in [3.63, 3.8) is 0 Å². The van der Waals surface area contributed by atoms with E-state index in [9.17, 15) is 17.6 Å². The lowest BCUT2D eigenvalue weighted by Gasteiger charge is -2.13. The zero-order chi connectivity index (χ0) is 42.6. The lowest BCUT2D eigenvalue weighted by atomic mass is 10.1. The van der Waals surface area contributed by atoms with E-state index in [1.807, 2.05) is 6.07 Å². The molecule has 10 rings (SSSR count). The number of nitrogens with zero attached hydrogens (tertiary/aromatic N) is 10. The fraction of sp³-hybridized carbons (Fsp3) is 0.0500. The molecule has 0 saturated carbocycles. The molecule has 21 heteroatoms. The van der Waals surface area contributed by atoms with Gasteiger partial charge in [0, 0.05) is 17.7 Å². The molecule has 304 valence electrons. The zero-order valence-corrected chi connectivity index (χ0v) is 33.9. The number of fused-ring (bicyclic) bond motifs is 4. The summed E-state index contributed by atoms with van der Waals surface area (Å²) in [5, 5.41) is 4.09. The van der Waals surface area contributed by atoms with Gasteiger partial charge >= 0.3 is 0 Å². The van der Waals surface area contributed by atoms with Gasteiger partial charge in [-0.2, -0.15) is 0 Å². The Morgan fingerprint density at radius 3 is 1.66 bits per heavy atom. The molecule has 0 fully saturated rings. The van der Waals surface area contributed by atoms with Gasteiger partial charge in [0.2, 0.25) is 0 Å². The van der Waals surface area contributed by atoms with Crippen molar-refractivity contribution in [2.75, 3.05) is 5.32 Å². The van der Waals surface area contributed by atoms with Gasteiger partial charge in [-0.3, -0.25) is 0 Å². The first-order valence-corrected chi connectivity index (χ1v) is 19.3. The number of aromatic nitrogens is 12. The highest BCUT2D eigenvalue weighted by Gasteiger charge is 2.19. The number of aromatic amines is 2. The Balaban J connectivity index is 0.000000143. The minimum Gasteiger partial charge on any atom is -0.362 e. The number of H-pyrrole nitrogens is 2. The first kappa shape index (κ1) is 41.0. The first-order valence-electron chi connectivity index (χ1n) is 17.8. The molecule has 0 saturated heterocycles. The largest absolute Gasteiger partial charge is 0.362 e. The maximum Gasteiger partial charge on any atom is 0.186 e. The van der Waals surface area contributed by atoms with Crippen LogP contribution in [-0.2, 0) is 13.1 Å². The van der Waals surface area contributed by atoms with E-state index in [0.717, 1.165) is 22.3 Å². The van der Waals surface area contributed by atoms with Crippen LogP contribution in [0.2, 0.25) is 10.0 Å². The molecule has 5 N–H and O–H groups in total. The molecule has 61 heavy (non-hydrogen) atoms. The van der Waals surface area contributed by atoms with Gasteiger partial charge < -0.3 is 21.0 Å². The molecule has 4 aromatic carbocycles. The van der Waals surface area contributed by atoms with Crippen LogP contribution in [0.4, 0.5) is 23.4 Å². The average Bonchev–Trinajstić information content (AvgIpc) is 3.98. The Labute approximate surface area is 359 Å². The molecule has 6 heterocycles. The number of anilines is 1. The SMILES string of the molecule is Brc1ncnc2nc[nH]c12.Fc1ccc2nc(-c3ccccc3Cl)c(CNc3ncnc4nc[nH]c34)nc2c1F.NCc1nc2c(F)c(F)ccc2nc1-c1ccccc1Cl. The van der Waals surface area contributed by atoms with Crippen LogP contribution >= 0.6 is 39.1 Å². The lowest BCUT2D eigenvalue weighted by molar-refractivity contribution is 0.515. The minimum atomic E-state index is -1.05. The number of hydrogen-bond donors (Lipinski definition) is 4. The third kappa shape index (κ3) is 8.49. The predicted molar refractivity (Wildman–Crippen MR) is 226 cm³/mol. The van der Waals surface area contributed by atoms with Gasteiger partial charge in [-0.1, -0.05) is 59.6 Å². The number of hydrogen-bond acceptors (Lipinski definition) is 12. The van der Waals surface area contributed by atoms with Crippen molar-refractivity contribution in [1.82, 2.24) is 59.8 Å². The van der Waals surface area contributed by atoms with E-state index in [0.29, 0.717) is 66.6 Å². The van der Waals surface area contributed by atoms with Crippen LogP contribution in [0.15, 0.2) is 103 Å². The molecule has 0 radical (unpaired) electrons. The monoisotopic (exact) mass is 926 g/mol. The Hall–Kier alpha value is -6.80. The summed E-state index contributed by atoms with van der Waals surface area (Å²) in [5.41, 5.74) is 11.4. The number of nitrogens with two attached hydrogens (primary N) is 1. The highest BCUT2D eigenvalue weighted by molar-refractivity contribution is 9.10. The number of halogens is 7. The maximum atomic E-state index is 14.4. The summed E-state index contributed by atoms with van der Waals surface area (Å²) in [5.74, 6) is -3.55. The third-order valence-electron chi connectivity index (χ3n) is 8.87. The van der Waals surface area contributed by atoms with Gasteiger partial charge in [0.05, 0.1) is 63.1 Å². The second kappa shape index (κ2) is 17.8. The van der Waals surface area contributed by atoms with Gasteiger partial charge in [0.1, 0.15) is 39.3 Å². The Morgan fingerprint density at radius 1 is 0.590 bits per heavy atom. The summed E-state index contributed by atoms with van der Waals surface area (Å²) in [6, 6.07) is 19.0. The van der Waals surface area contributed by atoms with Gasteiger partial charge in [-0.25, -0.2) is 67.4 Å². The molecule has 14 nitrogen and oxygen atoms in total. The van der Waals surface area contributed by atoms with Crippen molar-refractivity contribution in [2.24, 2.45) is 5.73 Å². The molecular weight excluding hydrogens is 903 g/mol. The summed E-state index contributed by atoms with van der Waals surface area (Å²) < 4.78 is 55.9. The van der Waals surface area contributed by atoms with Crippen molar-refractivity contribution in [1.29, 1.82) is 0 Å². The van der Waals surface area contributed by atoms with E-state index in [2.05, 4.69) is 81.1 Å². The topological polar surface area (TPSA) is 199 Å². The number of benzene rings is 4. The van der Waals surface area contributed by atoms with Crippen LogP contribution < -0.4 is 11.1 Å². The average molecular weight is 929 g/mol. The van der Waals surface area contributed by atoms with E-state index >= 15 is 0 Å². The normalized spacial score (nSPS) is 11.1. The van der Waals surface area contributed by atoms with Gasteiger partial charge in [0.25, 0.3) is 0 Å². The lowest BCUT2D eigenvalue weighted by Crippen LogP contribution is -2.08. The molecule has 6 aromatic heterocycles. The molecule has 0 aliphatic carbocycles. The van der Waals surface area contributed by atoms with Crippen LogP contribution in [-0.4, -0.2) is 59.8 Å². The predicted octanol–water partition coefficient (Wildman–Crippen LogP) is 9.31. The molecular formula is C40H25BrCl2F4N14. The van der Waals surface area contributed by atoms with Crippen LogP contribution in [0.3, 0.4) is 0 Å². The standard InChI is InChI=1S/C20H12ClF2N7.C15H10ClF2N3.C5H3BrN4/c21-11-4-2-1-3-10(11)16-14(30-17-13(29-16)6-5-12(22)15(17)23)7-24-19-18-20(26-8-25-18)28-9-27-19;16-9-4-2-1-3-8(9)14-12(7-19)21-15-11(20-14)6-5-10(17)13(15)18;6-4-3-5(9-1-7-3)10-2-8-4/h1-6,8-9H,7H2,(H2,24,25,26,27,28);1-6H,7,19H2;1-2H,(H,7,8,9,10). The third-order valence-corrected chi connectivity index (χ3v) is 10.1. The summed E-state index contributed by atoms with van der Waals surface area (Å²) in [6.45, 7) is 0.171. The van der Waals surface area contributed by atoms with E-state index in [4.69, 9.17) is 28.9 Å². The van der Waals surface area contributed by atoms with Crippen LogP contribution in [0.5, 0.6) is 0 Å². The fourth-order valence-corrected chi connectivity index (χ4v) is 6.84. The molecule has 0 atom stereocenters. The van der Waals surface area contributed by atoms with Crippen LogP contribution in [0.1, 0.15) is 11.4 Å². The second-order valence-corrected chi connectivity index (χ2v) is 14.2. The number of nitrogens with one attached hydrogen (secondary N) is 3. The Morgan fingerprint density at radius 2 is 1.10 bits per heavy atom. The van der Waals surface area contributed by atoms with Crippen molar-refractivity contribution < 1.29 is 17.6 Å². The molecule has 0 bridgehead atoms. The van der Waals surface area contributed by atoms with Gasteiger partial charge in [-0.05, 0) is 52.3 Å². The van der Waals surface area contributed by atoms with Crippen molar-refractivity contribution in [3.8, 4) is 22.5 Å². The Bertz CT molecular complexity index is 3220. The van der Waals surface area contributed by atoms with Crippen LogP contribution in [0, 0.1) is 23.3 Å². The summed E-state index contributed by atoms with van der Waals surface area (Å²) >= 11 is 15.8. The zero-order valence-electron chi connectivity index (χ0n) is 30.8. The molecule has 0 unspecified atom stereocenters. The maximum absolute atomic E-state index is 14.4. The number of rotatable bonds is 6. The quantitative estimate of drug-likeness (QED) is 0.0912. The van der Waals surface area contributed by atoms with Gasteiger partial charge in [0.15, 0.2) is 40.4 Å². The molecule has 0 aliphatic heterocycles. The first-order chi connectivity index (χ1) is 29.6. The van der Waals surface area contributed by atoms with E-state index in [1.54, 1.807) is 48.8 Å². The Kier molecular flexibility index (Phi) is 12.0. The highest BCUT2D eigenvalue weighted by Crippen LogP contribution is 2.32. The van der Waals surface area contributed by atoms with Crippen molar-refractivity contribution >= 4 is 89.3 Å². The van der Waals surface area contributed by atoms with E-state index in [-0.39, 0.29) is 35.2 Å². The summed E-state index contributed by atoms with van der Waals surface area (Å²) in [6.07, 6.45) is 5.94. The summed E-state index contributed by atoms with van der Waals surface area (Å²) in [7, 11) is 0. The van der Waals surface area contributed by atoms with E-state index in [1.165, 1.54) is 31.1 Å². The number of imidazole rings is 2. The van der Waals surface area contributed by atoms with Crippen molar-refractivity contribution in [3.05, 3.63) is 147 Å². The van der Waals surface area contributed by atoms with E-state index < -0.39 is 23.3 Å². The second-order valence-electron chi connectivity index (χ2n) is 12.6. The highest BCUT2D eigenvalue weighted by atomic mass is 79.9. The minimum absolute atomic E-state index is 0.0411. The van der Waals surface area contributed by atoms with Gasteiger partial charge in [-0.15, -0.1) is 0 Å².